The lowest BCUT2D eigenvalue weighted by atomic mass is 10.0. The topological polar surface area (TPSA) is 54.5 Å². The summed E-state index contributed by atoms with van der Waals surface area (Å²) < 4.78 is 44.1. The van der Waals surface area contributed by atoms with Crippen molar-refractivity contribution in [3.63, 3.8) is 0 Å². The number of nitrogens with one attached hydrogen (secondary N) is 1. The maximum Gasteiger partial charge on any atom is 0.416 e. The molecule has 2 aromatic carbocycles. The van der Waals surface area contributed by atoms with Crippen LogP contribution in [0.15, 0.2) is 60.8 Å². The molecule has 0 spiro atoms. The van der Waals surface area contributed by atoms with E-state index in [1.165, 1.54) is 0 Å². The summed E-state index contributed by atoms with van der Waals surface area (Å²) in [4.78, 5) is 18.0. The van der Waals surface area contributed by atoms with Crippen molar-refractivity contribution in [3.8, 4) is 5.88 Å². The lowest BCUT2D eigenvalue weighted by molar-refractivity contribution is -0.137. The van der Waals surface area contributed by atoms with E-state index in [9.17, 15) is 18.0 Å². The molecular weight excluding hydrogens is 395 g/mol. The number of ether oxygens (including phenoxy) is 1. The van der Waals surface area contributed by atoms with E-state index in [-0.39, 0.29) is 11.9 Å². The van der Waals surface area contributed by atoms with Crippen molar-refractivity contribution in [2.24, 2.45) is 0 Å². The summed E-state index contributed by atoms with van der Waals surface area (Å²) in [6.07, 6.45) is -3.25. The first-order valence-electron chi connectivity index (χ1n) is 9.59. The molecule has 0 aliphatic carbocycles. The van der Waals surface area contributed by atoms with Gasteiger partial charge in [0.15, 0.2) is 0 Å². The maximum absolute atomic E-state index is 12.8. The summed E-state index contributed by atoms with van der Waals surface area (Å²) in [5.74, 6) is -0.0900. The monoisotopic (exact) mass is 415 g/mol. The molecule has 0 saturated carbocycles. The van der Waals surface area contributed by atoms with Gasteiger partial charge in [0.25, 0.3) is 0 Å². The second-order valence-electron chi connectivity index (χ2n) is 7.15. The van der Waals surface area contributed by atoms with Crippen molar-refractivity contribution in [1.29, 1.82) is 0 Å². The lowest BCUT2D eigenvalue weighted by Crippen LogP contribution is -2.39. The molecule has 2 amide bonds. The van der Waals surface area contributed by atoms with Crippen molar-refractivity contribution >= 4 is 16.8 Å². The quantitative estimate of drug-likeness (QED) is 0.677. The van der Waals surface area contributed by atoms with Gasteiger partial charge in [-0.25, -0.2) is 9.78 Å². The van der Waals surface area contributed by atoms with Crippen molar-refractivity contribution in [1.82, 2.24) is 15.2 Å². The van der Waals surface area contributed by atoms with Crippen LogP contribution in [0, 0.1) is 0 Å². The maximum atomic E-state index is 12.8. The molecule has 3 aromatic rings. The second kappa shape index (κ2) is 8.22. The van der Waals surface area contributed by atoms with Gasteiger partial charge < -0.3 is 15.0 Å². The summed E-state index contributed by atoms with van der Waals surface area (Å²) in [5, 5.41) is 5.10. The number of likely N-dealkylation sites (tertiary alicyclic amines) is 1. The van der Waals surface area contributed by atoms with Gasteiger partial charge in [0.1, 0.15) is 6.10 Å². The van der Waals surface area contributed by atoms with Gasteiger partial charge in [0, 0.05) is 31.8 Å². The number of carbonyl (C=O) groups excluding carboxylic acids is 1. The molecular formula is C22H20F3N3O2. The van der Waals surface area contributed by atoms with Crippen LogP contribution >= 0.6 is 0 Å². The van der Waals surface area contributed by atoms with Crippen LogP contribution < -0.4 is 10.1 Å². The number of fused-ring (bicyclic) bond motifs is 1. The Morgan fingerprint density at radius 1 is 1.17 bits per heavy atom. The number of nitrogens with zero attached hydrogens (tertiary/aromatic N) is 2. The Hall–Kier alpha value is -3.29. The van der Waals surface area contributed by atoms with E-state index in [2.05, 4.69) is 10.3 Å². The average molecular weight is 415 g/mol. The fourth-order valence-corrected chi connectivity index (χ4v) is 3.56. The second-order valence-corrected chi connectivity index (χ2v) is 7.15. The van der Waals surface area contributed by atoms with Gasteiger partial charge in [-0.2, -0.15) is 13.2 Å². The van der Waals surface area contributed by atoms with Gasteiger partial charge >= 0.3 is 12.2 Å². The fourth-order valence-electron chi connectivity index (χ4n) is 3.56. The minimum atomic E-state index is -4.45. The number of urea groups is 1. The molecule has 0 unspecified atom stereocenters. The zero-order chi connectivity index (χ0) is 21.1. The predicted octanol–water partition coefficient (Wildman–Crippen LogP) is 4.62. The molecule has 5 nitrogen and oxygen atoms in total. The van der Waals surface area contributed by atoms with Crippen LogP contribution in [0.2, 0.25) is 0 Å². The predicted molar refractivity (Wildman–Crippen MR) is 106 cm³/mol. The van der Waals surface area contributed by atoms with Crippen LogP contribution in [-0.2, 0) is 12.7 Å². The van der Waals surface area contributed by atoms with Gasteiger partial charge in [-0.1, -0.05) is 42.5 Å². The minimum Gasteiger partial charge on any atom is -0.472 e. The van der Waals surface area contributed by atoms with Crippen LogP contribution in [0.4, 0.5) is 18.0 Å². The van der Waals surface area contributed by atoms with E-state index in [0.29, 0.717) is 26.1 Å². The first-order chi connectivity index (χ1) is 14.4. The number of pyridine rings is 1. The summed E-state index contributed by atoms with van der Waals surface area (Å²) >= 11 is 0. The molecule has 156 valence electrons. The van der Waals surface area contributed by atoms with Gasteiger partial charge in [-0.05, 0) is 22.4 Å². The molecule has 4 rings (SSSR count). The Labute approximate surface area is 171 Å². The molecule has 0 bridgehead atoms. The molecule has 1 saturated heterocycles. The average Bonchev–Trinajstić information content (AvgIpc) is 3.20. The molecule has 30 heavy (non-hydrogen) atoms. The van der Waals surface area contributed by atoms with Crippen molar-refractivity contribution < 1.29 is 22.7 Å². The third-order valence-electron chi connectivity index (χ3n) is 5.09. The van der Waals surface area contributed by atoms with E-state index in [4.69, 9.17) is 4.74 Å². The van der Waals surface area contributed by atoms with Crippen molar-refractivity contribution in [2.75, 3.05) is 13.1 Å². The Kier molecular flexibility index (Phi) is 5.48. The number of alkyl halides is 3. The molecule has 1 fully saturated rings. The Morgan fingerprint density at radius 3 is 2.80 bits per heavy atom. The molecule has 2 heterocycles. The molecule has 1 aliphatic heterocycles. The number of halogens is 3. The Balaban J connectivity index is 1.34. The highest BCUT2D eigenvalue weighted by Gasteiger charge is 2.32. The van der Waals surface area contributed by atoms with Gasteiger partial charge in [0.2, 0.25) is 5.88 Å². The standard InChI is InChI=1S/C22H20F3N3O2/c23-22(24,25)17-8-10-26-20(12-17)30-18-9-11-28(14-18)21(29)27-13-16-6-3-5-15-4-1-2-7-19(15)16/h1-8,10,12,18H,9,11,13-14H2,(H,27,29)/t18-/m1/s1. The number of amides is 2. The fraction of sp³-hybridized carbons (Fsp3) is 0.273. The number of hydrogen-bond acceptors (Lipinski definition) is 3. The van der Waals surface area contributed by atoms with E-state index in [1.54, 1.807) is 4.90 Å². The van der Waals surface area contributed by atoms with Crippen molar-refractivity contribution in [2.45, 2.75) is 25.2 Å². The minimum absolute atomic E-state index is 0.0900. The molecule has 1 aromatic heterocycles. The summed E-state index contributed by atoms with van der Waals surface area (Å²) in [6.45, 7) is 1.14. The lowest BCUT2D eigenvalue weighted by Gasteiger charge is -2.18. The number of aromatic nitrogens is 1. The van der Waals surface area contributed by atoms with Gasteiger partial charge in [0.05, 0.1) is 12.1 Å². The largest absolute Gasteiger partial charge is 0.472 e. The molecule has 8 heteroatoms. The third kappa shape index (κ3) is 4.48. The summed E-state index contributed by atoms with van der Waals surface area (Å²) in [6, 6.07) is 15.4. The molecule has 0 radical (unpaired) electrons. The van der Waals surface area contributed by atoms with Crippen LogP contribution in [0.25, 0.3) is 10.8 Å². The number of hydrogen-bond donors (Lipinski definition) is 1. The smallest absolute Gasteiger partial charge is 0.416 e. The summed E-state index contributed by atoms with van der Waals surface area (Å²) in [7, 11) is 0. The number of rotatable bonds is 4. The molecule has 1 atom stereocenters. The van der Waals surface area contributed by atoms with Gasteiger partial charge in [-0.3, -0.25) is 0 Å². The normalized spacial score (nSPS) is 16.6. The third-order valence-corrected chi connectivity index (χ3v) is 5.09. The number of carbonyl (C=O) groups is 1. The highest BCUT2D eigenvalue weighted by atomic mass is 19.4. The molecule has 1 aliphatic rings. The van der Waals surface area contributed by atoms with Gasteiger partial charge in [-0.15, -0.1) is 0 Å². The SMILES string of the molecule is O=C(NCc1cccc2ccccc12)N1CC[C@@H](Oc2cc(C(F)(F)F)ccn2)C1. The Bertz CT molecular complexity index is 1050. The van der Waals surface area contributed by atoms with E-state index in [0.717, 1.165) is 34.7 Å². The molecule has 1 N–H and O–H groups in total. The van der Waals surface area contributed by atoms with Crippen LogP contribution in [0.1, 0.15) is 17.5 Å². The first-order valence-corrected chi connectivity index (χ1v) is 9.59. The van der Waals surface area contributed by atoms with Crippen LogP contribution in [-0.4, -0.2) is 35.1 Å². The first kappa shape index (κ1) is 20.0. The van der Waals surface area contributed by atoms with Crippen LogP contribution in [0.5, 0.6) is 5.88 Å². The zero-order valence-corrected chi connectivity index (χ0v) is 16.0. The van der Waals surface area contributed by atoms with Crippen molar-refractivity contribution in [3.05, 3.63) is 71.9 Å². The highest BCUT2D eigenvalue weighted by Crippen LogP contribution is 2.31. The zero-order valence-electron chi connectivity index (χ0n) is 16.0. The summed E-state index contributed by atoms with van der Waals surface area (Å²) in [5.41, 5.74) is 0.205. The van der Waals surface area contributed by atoms with E-state index in [1.807, 2.05) is 42.5 Å². The van der Waals surface area contributed by atoms with E-state index < -0.39 is 17.8 Å². The number of benzene rings is 2. The van der Waals surface area contributed by atoms with E-state index >= 15 is 0 Å². The van der Waals surface area contributed by atoms with Crippen LogP contribution in [0.3, 0.4) is 0 Å². The Morgan fingerprint density at radius 2 is 1.97 bits per heavy atom. The highest BCUT2D eigenvalue weighted by molar-refractivity contribution is 5.86.